The molecule has 0 aromatic carbocycles. The number of hydrogen-bond donors (Lipinski definition) is 2. The molecule has 8 nitrogen and oxygen atoms in total. The fourth-order valence-corrected chi connectivity index (χ4v) is 2.32. The third-order valence-corrected chi connectivity index (χ3v) is 3.10. The molecular weight excluding hydrogens is 236 g/mol. The van der Waals surface area contributed by atoms with E-state index >= 15 is 0 Å². The summed E-state index contributed by atoms with van der Waals surface area (Å²) in [5.74, 6) is 1.91. The van der Waals surface area contributed by atoms with Crippen LogP contribution in [0.1, 0.15) is 36.4 Å². The van der Waals surface area contributed by atoms with Crippen LogP contribution in [0, 0.1) is 6.92 Å². The summed E-state index contributed by atoms with van der Waals surface area (Å²) in [5, 5.41) is 10.1. The number of aryl methyl sites for hydroxylation is 1. The van der Waals surface area contributed by atoms with Crippen LogP contribution in [0.4, 0.5) is 0 Å². The number of rotatable bonds is 3. The van der Waals surface area contributed by atoms with E-state index in [1.165, 1.54) is 0 Å². The second kappa shape index (κ2) is 4.37. The molecule has 18 heavy (non-hydrogen) atoms. The van der Waals surface area contributed by atoms with Gasteiger partial charge in [0, 0.05) is 0 Å². The van der Waals surface area contributed by atoms with Crippen molar-refractivity contribution in [3.8, 4) is 0 Å². The van der Waals surface area contributed by atoms with E-state index in [1.807, 2.05) is 0 Å². The topological polar surface area (TPSA) is 104 Å². The Bertz CT molecular complexity index is 585. The molecule has 0 bridgehead atoms. The standard InChI is InChI=1S/C10H14N6O2/c1-6-11-9(18-15-6)7-3-2-4-16(7)5-8-12-10(17)14-13-8/h7H,2-5H2,1H3,(H2,12,13,14,17). The third kappa shape index (κ3) is 2.06. The highest BCUT2D eigenvalue weighted by atomic mass is 16.5. The second-order valence-electron chi connectivity index (χ2n) is 4.43. The quantitative estimate of drug-likeness (QED) is 0.802. The molecule has 0 radical (unpaired) electrons. The van der Waals surface area contributed by atoms with E-state index in [1.54, 1.807) is 6.92 Å². The Balaban J connectivity index is 1.77. The summed E-state index contributed by atoms with van der Waals surface area (Å²) < 4.78 is 5.22. The SMILES string of the molecule is Cc1noc(C2CCCN2Cc2n[nH]c(=O)[nH]2)n1. The van der Waals surface area contributed by atoms with Crippen molar-refractivity contribution in [1.29, 1.82) is 0 Å². The van der Waals surface area contributed by atoms with Crippen LogP contribution >= 0.6 is 0 Å². The van der Waals surface area contributed by atoms with Gasteiger partial charge in [0.2, 0.25) is 5.89 Å². The first-order valence-electron chi connectivity index (χ1n) is 5.90. The van der Waals surface area contributed by atoms with Gasteiger partial charge in [-0.05, 0) is 26.3 Å². The van der Waals surface area contributed by atoms with E-state index in [0.717, 1.165) is 19.4 Å². The molecule has 8 heteroatoms. The van der Waals surface area contributed by atoms with Gasteiger partial charge in [0.05, 0.1) is 12.6 Å². The zero-order chi connectivity index (χ0) is 12.5. The number of likely N-dealkylation sites (tertiary alicyclic amines) is 1. The summed E-state index contributed by atoms with van der Waals surface area (Å²) in [6.45, 7) is 3.31. The molecule has 2 aromatic rings. The number of nitrogens with one attached hydrogen (secondary N) is 2. The molecule has 2 aromatic heterocycles. The van der Waals surface area contributed by atoms with Gasteiger partial charge in [0.15, 0.2) is 5.82 Å². The Morgan fingerprint density at radius 1 is 1.56 bits per heavy atom. The van der Waals surface area contributed by atoms with Crippen molar-refractivity contribution in [2.45, 2.75) is 32.4 Å². The van der Waals surface area contributed by atoms with Crippen LogP contribution in [-0.2, 0) is 6.54 Å². The normalized spacial score (nSPS) is 20.6. The summed E-state index contributed by atoms with van der Waals surface area (Å²) in [5.41, 5.74) is -0.283. The van der Waals surface area contributed by atoms with Crippen LogP contribution in [-0.4, -0.2) is 36.8 Å². The molecule has 0 aliphatic carbocycles. The zero-order valence-electron chi connectivity index (χ0n) is 10.0. The van der Waals surface area contributed by atoms with Crippen LogP contribution in [0.15, 0.2) is 9.32 Å². The predicted molar refractivity (Wildman–Crippen MR) is 60.6 cm³/mol. The first-order chi connectivity index (χ1) is 8.72. The molecule has 1 fully saturated rings. The fraction of sp³-hybridized carbons (Fsp3) is 0.600. The van der Waals surface area contributed by atoms with Crippen LogP contribution < -0.4 is 5.69 Å². The molecule has 0 amide bonds. The number of H-pyrrole nitrogens is 2. The summed E-state index contributed by atoms with van der Waals surface area (Å²) in [7, 11) is 0. The van der Waals surface area contributed by atoms with Crippen molar-refractivity contribution in [2.75, 3.05) is 6.54 Å². The summed E-state index contributed by atoms with van der Waals surface area (Å²) in [6, 6.07) is 0.117. The lowest BCUT2D eigenvalue weighted by Crippen LogP contribution is -2.24. The zero-order valence-corrected chi connectivity index (χ0v) is 10.0. The maximum Gasteiger partial charge on any atom is 0.340 e. The molecular formula is C10H14N6O2. The number of hydrogen-bond acceptors (Lipinski definition) is 6. The highest BCUT2D eigenvalue weighted by molar-refractivity contribution is 4.97. The average Bonchev–Trinajstić information content (AvgIpc) is 3.01. The van der Waals surface area contributed by atoms with Crippen LogP contribution in [0.25, 0.3) is 0 Å². The molecule has 1 atom stereocenters. The Morgan fingerprint density at radius 3 is 3.11 bits per heavy atom. The minimum Gasteiger partial charge on any atom is -0.338 e. The number of nitrogens with zero attached hydrogens (tertiary/aromatic N) is 4. The van der Waals surface area contributed by atoms with Crippen LogP contribution in [0.3, 0.4) is 0 Å². The lowest BCUT2D eigenvalue weighted by Gasteiger charge is -2.19. The predicted octanol–water partition coefficient (Wildman–Crippen LogP) is 0.127. The third-order valence-electron chi connectivity index (χ3n) is 3.10. The lowest BCUT2D eigenvalue weighted by molar-refractivity contribution is 0.197. The summed E-state index contributed by atoms with van der Waals surface area (Å²) >= 11 is 0. The molecule has 3 heterocycles. The Labute approximate surface area is 102 Å². The lowest BCUT2D eigenvalue weighted by atomic mass is 10.2. The Kier molecular flexibility index (Phi) is 2.71. The van der Waals surface area contributed by atoms with Gasteiger partial charge in [-0.25, -0.2) is 9.89 Å². The molecule has 96 valence electrons. The number of aromatic amines is 2. The minimum absolute atomic E-state index is 0.117. The van der Waals surface area contributed by atoms with E-state index < -0.39 is 0 Å². The smallest absolute Gasteiger partial charge is 0.338 e. The van der Waals surface area contributed by atoms with Crippen LogP contribution in [0.5, 0.6) is 0 Å². The molecule has 1 saturated heterocycles. The second-order valence-corrected chi connectivity index (χ2v) is 4.43. The minimum atomic E-state index is -0.283. The highest BCUT2D eigenvalue weighted by Gasteiger charge is 2.30. The van der Waals surface area contributed by atoms with Crippen molar-refractivity contribution in [3.05, 3.63) is 28.0 Å². The van der Waals surface area contributed by atoms with E-state index in [-0.39, 0.29) is 11.7 Å². The molecule has 1 aliphatic heterocycles. The molecule has 1 aliphatic rings. The summed E-state index contributed by atoms with van der Waals surface area (Å²) in [4.78, 5) is 20.1. The molecule has 3 rings (SSSR count). The van der Waals surface area contributed by atoms with Gasteiger partial charge in [-0.1, -0.05) is 5.16 Å². The first kappa shape index (κ1) is 11.1. The van der Waals surface area contributed by atoms with Crippen molar-refractivity contribution >= 4 is 0 Å². The molecule has 0 saturated carbocycles. The van der Waals surface area contributed by atoms with Gasteiger partial charge in [-0.3, -0.25) is 9.88 Å². The fourth-order valence-electron chi connectivity index (χ4n) is 2.32. The van der Waals surface area contributed by atoms with Gasteiger partial charge in [0.1, 0.15) is 5.82 Å². The van der Waals surface area contributed by atoms with Gasteiger partial charge < -0.3 is 4.52 Å². The van der Waals surface area contributed by atoms with Crippen molar-refractivity contribution < 1.29 is 4.52 Å². The van der Waals surface area contributed by atoms with E-state index in [0.29, 0.717) is 24.1 Å². The van der Waals surface area contributed by atoms with Crippen LogP contribution in [0.2, 0.25) is 0 Å². The monoisotopic (exact) mass is 250 g/mol. The van der Waals surface area contributed by atoms with Crippen molar-refractivity contribution in [2.24, 2.45) is 0 Å². The Morgan fingerprint density at radius 2 is 2.44 bits per heavy atom. The maximum absolute atomic E-state index is 11.0. The highest BCUT2D eigenvalue weighted by Crippen LogP contribution is 2.31. The molecule has 1 unspecified atom stereocenters. The van der Waals surface area contributed by atoms with Crippen molar-refractivity contribution in [1.82, 2.24) is 30.2 Å². The first-order valence-corrected chi connectivity index (χ1v) is 5.90. The summed E-state index contributed by atoms with van der Waals surface area (Å²) in [6.07, 6.45) is 2.05. The van der Waals surface area contributed by atoms with Gasteiger partial charge in [-0.2, -0.15) is 10.1 Å². The van der Waals surface area contributed by atoms with Gasteiger partial charge in [0.25, 0.3) is 0 Å². The number of aromatic nitrogens is 5. The average molecular weight is 250 g/mol. The van der Waals surface area contributed by atoms with E-state index in [9.17, 15) is 4.79 Å². The maximum atomic E-state index is 11.0. The Hall–Kier alpha value is -1.96. The van der Waals surface area contributed by atoms with Gasteiger partial charge in [-0.15, -0.1) is 0 Å². The van der Waals surface area contributed by atoms with Gasteiger partial charge >= 0.3 is 5.69 Å². The van der Waals surface area contributed by atoms with E-state index in [2.05, 4.69) is 30.2 Å². The molecule has 0 spiro atoms. The van der Waals surface area contributed by atoms with E-state index in [4.69, 9.17) is 4.52 Å². The van der Waals surface area contributed by atoms with Crippen molar-refractivity contribution in [3.63, 3.8) is 0 Å². The molecule has 2 N–H and O–H groups in total. The largest absolute Gasteiger partial charge is 0.340 e.